The molecule has 3 aromatic rings. The minimum atomic E-state index is -0.418. The molecule has 0 heterocycles. The lowest BCUT2D eigenvalue weighted by Crippen LogP contribution is -2.12. The van der Waals surface area contributed by atoms with Gasteiger partial charge < -0.3 is 24.1 Å². The topological polar surface area (TPSA) is 74.2 Å². The maximum atomic E-state index is 13.7. The number of rotatable bonds is 8. The van der Waals surface area contributed by atoms with Crippen LogP contribution in [0.2, 0.25) is 5.02 Å². The quantitative estimate of drug-likeness (QED) is 0.484. The number of ether oxygens (including phenoxy) is 4. The third-order valence-electron chi connectivity index (χ3n) is 4.78. The standard InChI is InChI=1S/C24H23ClO6/c1-14-10-16(26)11-17(28-2)20(14)23(27)21-18(29-3)12-19(30-4)22(25)24(21)31-13-15-8-6-5-7-9-15/h5-12,26H,13H2,1-4H3. The van der Waals surface area contributed by atoms with E-state index >= 15 is 0 Å². The van der Waals surface area contributed by atoms with Crippen molar-refractivity contribution in [2.75, 3.05) is 21.3 Å². The van der Waals surface area contributed by atoms with E-state index in [1.807, 2.05) is 30.3 Å². The van der Waals surface area contributed by atoms with Crippen LogP contribution in [0.25, 0.3) is 0 Å². The van der Waals surface area contributed by atoms with Crippen molar-refractivity contribution in [3.8, 4) is 28.7 Å². The van der Waals surface area contributed by atoms with Gasteiger partial charge in [-0.15, -0.1) is 0 Å². The molecule has 1 N–H and O–H groups in total. The number of carbonyl (C=O) groups is 1. The van der Waals surface area contributed by atoms with Gasteiger partial charge in [0.15, 0.2) is 5.75 Å². The fourth-order valence-electron chi connectivity index (χ4n) is 3.29. The first-order valence-corrected chi connectivity index (χ1v) is 9.82. The molecule has 0 aliphatic heterocycles. The van der Waals surface area contributed by atoms with Gasteiger partial charge in [-0.2, -0.15) is 0 Å². The Hall–Kier alpha value is -3.38. The summed E-state index contributed by atoms with van der Waals surface area (Å²) in [5, 5.41) is 10.1. The molecule has 0 amide bonds. The third-order valence-corrected chi connectivity index (χ3v) is 5.13. The number of aryl methyl sites for hydroxylation is 1. The Morgan fingerprint density at radius 3 is 2.13 bits per heavy atom. The average molecular weight is 443 g/mol. The zero-order valence-electron chi connectivity index (χ0n) is 17.7. The maximum Gasteiger partial charge on any atom is 0.204 e. The number of halogens is 1. The van der Waals surface area contributed by atoms with Crippen molar-refractivity contribution in [2.45, 2.75) is 13.5 Å². The van der Waals surface area contributed by atoms with E-state index in [-0.39, 0.29) is 45.8 Å². The predicted molar refractivity (Wildman–Crippen MR) is 118 cm³/mol. The lowest BCUT2D eigenvalue weighted by molar-refractivity contribution is 0.102. The fourth-order valence-corrected chi connectivity index (χ4v) is 3.57. The second kappa shape index (κ2) is 9.62. The summed E-state index contributed by atoms with van der Waals surface area (Å²) < 4.78 is 22.2. The monoisotopic (exact) mass is 442 g/mol. The minimum absolute atomic E-state index is 0.00817. The highest BCUT2D eigenvalue weighted by atomic mass is 35.5. The van der Waals surface area contributed by atoms with Gasteiger partial charge in [0.1, 0.15) is 40.2 Å². The van der Waals surface area contributed by atoms with Crippen molar-refractivity contribution in [2.24, 2.45) is 0 Å². The van der Waals surface area contributed by atoms with Gasteiger partial charge in [0.2, 0.25) is 5.78 Å². The van der Waals surface area contributed by atoms with Crippen molar-refractivity contribution in [1.82, 2.24) is 0 Å². The number of phenolic OH excluding ortho intramolecular Hbond substituents is 1. The minimum Gasteiger partial charge on any atom is -0.508 e. The van der Waals surface area contributed by atoms with Gasteiger partial charge in [0, 0.05) is 12.1 Å². The van der Waals surface area contributed by atoms with Crippen molar-refractivity contribution in [1.29, 1.82) is 0 Å². The summed E-state index contributed by atoms with van der Waals surface area (Å²) in [6, 6.07) is 13.9. The Bertz CT molecular complexity index is 1100. The van der Waals surface area contributed by atoms with E-state index in [4.69, 9.17) is 30.5 Å². The molecule has 31 heavy (non-hydrogen) atoms. The Kier molecular flexibility index (Phi) is 6.92. The normalized spacial score (nSPS) is 10.5. The van der Waals surface area contributed by atoms with Crippen LogP contribution >= 0.6 is 11.6 Å². The highest BCUT2D eigenvalue weighted by Gasteiger charge is 2.29. The molecule has 7 heteroatoms. The van der Waals surface area contributed by atoms with Crippen LogP contribution in [0.3, 0.4) is 0 Å². The molecular formula is C24H23ClO6. The molecule has 3 aromatic carbocycles. The van der Waals surface area contributed by atoms with Crippen molar-refractivity contribution in [3.63, 3.8) is 0 Å². The molecule has 0 radical (unpaired) electrons. The lowest BCUT2D eigenvalue weighted by atomic mass is 9.96. The van der Waals surface area contributed by atoms with Crippen LogP contribution in [-0.4, -0.2) is 32.2 Å². The number of hydrogen-bond acceptors (Lipinski definition) is 6. The van der Waals surface area contributed by atoms with E-state index in [1.165, 1.54) is 39.5 Å². The number of phenols is 1. The zero-order valence-corrected chi connectivity index (χ0v) is 18.4. The second-order valence-electron chi connectivity index (χ2n) is 6.74. The largest absolute Gasteiger partial charge is 0.508 e. The molecule has 0 unspecified atom stereocenters. The molecule has 3 rings (SSSR count). The predicted octanol–water partition coefficient (Wildman–Crippen LogP) is 5.19. The number of ketones is 1. The number of methoxy groups -OCH3 is 3. The first-order chi connectivity index (χ1) is 14.9. The number of hydrogen-bond donors (Lipinski definition) is 1. The van der Waals surface area contributed by atoms with Crippen molar-refractivity contribution < 1.29 is 28.8 Å². The van der Waals surface area contributed by atoms with E-state index in [9.17, 15) is 9.90 Å². The molecule has 0 saturated heterocycles. The van der Waals surface area contributed by atoms with Gasteiger partial charge in [0.25, 0.3) is 0 Å². The van der Waals surface area contributed by atoms with Gasteiger partial charge in [0.05, 0.1) is 26.9 Å². The first-order valence-electron chi connectivity index (χ1n) is 9.44. The van der Waals surface area contributed by atoms with E-state index in [0.29, 0.717) is 11.3 Å². The van der Waals surface area contributed by atoms with Gasteiger partial charge in [-0.1, -0.05) is 41.9 Å². The number of benzene rings is 3. The van der Waals surface area contributed by atoms with Crippen LogP contribution in [0.1, 0.15) is 27.0 Å². The fraction of sp³-hybridized carbons (Fsp3) is 0.208. The van der Waals surface area contributed by atoms with Crippen LogP contribution in [0.15, 0.2) is 48.5 Å². The number of aromatic hydroxyl groups is 1. The Labute approximate surface area is 185 Å². The van der Waals surface area contributed by atoms with Crippen LogP contribution in [0.5, 0.6) is 28.7 Å². The summed E-state index contributed by atoms with van der Waals surface area (Å²) in [5.74, 6) is 0.494. The van der Waals surface area contributed by atoms with Crippen LogP contribution in [0.4, 0.5) is 0 Å². The van der Waals surface area contributed by atoms with Gasteiger partial charge in [-0.3, -0.25) is 4.79 Å². The second-order valence-corrected chi connectivity index (χ2v) is 7.12. The summed E-state index contributed by atoms with van der Waals surface area (Å²) in [6.07, 6.45) is 0. The van der Waals surface area contributed by atoms with Crippen molar-refractivity contribution in [3.05, 3.63) is 75.8 Å². The van der Waals surface area contributed by atoms with Crippen LogP contribution in [0, 0.1) is 6.92 Å². The number of carbonyl (C=O) groups excluding carboxylic acids is 1. The first kappa shape index (κ1) is 22.3. The van der Waals surface area contributed by atoms with Gasteiger partial charge in [-0.05, 0) is 24.1 Å². The summed E-state index contributed by atoms with van der Waals surface area (Å²) in [6.45, 7) is 1.89. The lowest BCUT2D eigenvalue weighted by Gasteiger charge is -2.19. The van der Waals surface area contributed by atoms with E-state index in [0.717, 1.165) is 5.56 Å². The van der Waals surface area contributed by atoms with Crippen molar-refractivity contribution >= 4 is 17.4 Å². The molecule has 0 aliphatic rings. The molecule has 0 spiro atoms. The Morgan fingerprint density at radius 2 is 1.52 bits per heavy atom. The maximum absolute atomic E-state index is 13.7. The molecule has 0 bridgehead atoms. The average Bonchev–Trinajstić information content (AvgIpc) is 2.77. The van der Waals surface area contributed by atoms with E-state index in [1.54, 1.807) is 6.92 Å². The summed E-state index contributed by atoms with van der Waals surface area (Å²) in [7, 11) is 4.34. The zero-order chi connectivity index (χ0) is 22.5. The molecule has 0 aromatic heterocycles. The summed E-state index contributed by atoms with van der Waals surface area (Å²) in [5.41, 5.74) is 1.84. The molecular weight excluding hydrogens is 420 g/mol. The molecule has 0 saturated carbocycles. The molecule has 0 fully saturated rings. The van der Waals surface area contributed by atoms with Gasteiger partial charge in [-0.25, -0.2) is 0 Å². The Morgan fingerprint density at radius 1 is 0.903 bits per heavy atom. The van der Waals surface area contributed by atoms with E-state index < -0.39 is 5.78 Å². The summed E-state index contributed by atoms with van der Waals surface area (Å²) >= 11 is 6.55. The summed E-state index contributed by atoms with van der Waals surface area (Å²) in [4.78, 5) is 13.7. The molecule has 162 valence electrons. The Balaban J connectivity index is 2.18. The van der Waals surface area contributed by atoms with Gasteiger partial charge >= 0.3 is 0 Å². The smallest absolute Gasteiger partial charge is 0.204 e. The molecule has 6 nitrogen and oxygen atoms in total. The van der Waals surface area contributed by atoms with Crippen LogP contribution < -0.4 is 18.9 Å². The van der Waals surface area contributed by atoms with E-state index in [2.05, 4.69) is 0 Å². The highest BCUT2D eigenvalue weighted by molar-refractivity contribution is 6.35. The SMILES string of the molecule is COc1cc(OC)c(C(=O)c2c(C)cc(O)cc2OC)c(OCc2ccccc2)c1Cl. The molecule has 0 atom stereocenters. The highest BCUT2D eigenvalue weighted by Crippen LogP contribution is 2.45. The molecule has 0 aliphatic carbocycles. The van der Waals surface area contributed by atoms with Crippen LogP contribution in [-0.2, 0) is 6.61 Å². The third kappa shape index (κ3) is 4.54.